The second kappa shape index (κ2) is 6.04. The van der Waals surface area contributed by atoms with Gasteiger partial charge in [0.1, 0.15) is 17.6 Å². The van der Waals surface area contributed by atoms with E-state index in [0.717, 1.165) is 29.0 Å². The van der Waals surface area contributed by atoms with E-state index >= 15 is 0 Å². The predicted octanol–water partition coefficient (Wildman–Crippen LogP) is 5.35. The number of benzene rings is 3. The minimum atomic E-state index is 0.208. The average Bonchev–Trinajstić information content (AvgIpc) is 3.01. The molecule has 0 bridgehead atoms. The van der Waals surface area contributed by atoms with Gasteiger partial charge in [-0.1, -0.05) is 48.5 Å². The highest BCUT2D eigenvalue weighted by atomic mass is 16.5. The van der Waals surface area contributed by atoms with Crippen molar-refractivity contribution in [3.63, 3.8) is 0 Å². The molecule has 1 atom stereocenters. The van der Waals surface area contributed by atoms with Crippen molar-refractivity contribution in [1.82, 2.24) is 0 Å². The molecular weight excluding hydrogens is 296 g/mol. The fourth-order valence-corrected chi connectivity index (χ4v) is 3.40. The zero-order chi connectivity index (χ0) is 16.5. The van der Waals surface area contributed by atoms with Crippen LogP contribution in [0.5, 0.6) is 11.5 Å². The first-order valence-corrected chi connectivity index (χ1v) is 8.28. The molecule has 24 heavy (non-hydrogen) atoms. The lowest BCUT2D eigenvalue weighted by molar-refractivity contribution is 0.255. The number of rotatable bonds is 3. The molecule has 3 aromatic rings. The number of fused-ring (bicyclic) bond motifs is 1. The molecule has 0 radical (unpaired) electrons. The molecule has 1 aliphatic heterocycles. The Morgan fingerprint density at radius 3 is 2.42 bits per heavy atom. The first-order valence-electron chi connectivity index (χ1n) is 8.28. The molecule has 120 valence electrons. The van der Waals surface area contributed by atoms with Crippen molar-refractivity contribution in [2.24, 2.45) is 0 Å². The standard InChI is InChI=1S/C22H20O2/c1-15-12-18-13-17(16-8-4-3-5-9-16)14-20(22(18)24-15)19-10-6-7-11-21(19)23-2/h3-11,13-15H,12H2,1-2H3. The molecule has 0 aliphatic carbocycles. The minimum absolute atomic E-state index is 0.208. The zero-order valence-corrected chi connectivity index (χ0v) is 14.0. The Bertz CT molecular complexity index is 868. The maximum Gasteiger partial charge on any atom is 0.131 e. The zero-order valence-electron chi connectivity index (χ0n) is 14.0. The number of hydrogen-bond acceptors (Lipinski definition) is 2. The second-order valence-corrected chi connectivity index (χ2v) is 6.21. The van der Waals surface area contributed by atoms with Gasteiger partial charge in [0, 0.05) is 17.5 Å². The van der Waals surface area contributed by atoms with Crippen molar-refractivity contribution in [3.8, 4) is 33.8 Å². The third kappa shape index (κ3) is 2.54. The van der Waals surface area contributed by atoms with Crippen LogP contribution in [0, 0.1) is 0 Å². The van der Waals surface area contributed by atoms with Crippen LogP contribution in [-0.2, 0) is 6.42 Å². The number of hydrogen-bond donors (Lipinski definition) is 0. The van der Waals surface area contributed by atoms with Gasteiger partial charge >= 0.3 is 0 Å². The smallest absolute Gasteiger partial charge is 0.131 e. The Balaban J connectivity index is 1.94. The average molecular weight is 316 g/mol. The first kappa shape index (κ1) is 14.8. The highest BCUT2D eigenvalue weighted by Crippen LogP contribution is 2.44. The van der Waals surface area contributed by atoms with Gasteiger partial charge in [-0.05, 0) is 41.8 Å². The molecule has 0 saturated carbocycles. The van der Waals surface area contributed by atoms with Crippen LogP contribution in [0.3, 0.4) is 0 Å². The summed E-state index contributed by atoms with van der Waals surface area (Å²) >= 11 is 0. The lowest BCUT2D eigenvalue weighted by Crippen LogP contribution is -2.05. The fraction of sp³-hybridized carbons (Fsp3) is 0.182. The molecule has 0 amide bonds. The van der Waals surface area contributed by atoms with Crippen LogP contribution in [-0.4, -0.2) is 13.2 Å². The molecule has 0 N–H and O–H groups in total. The van der Waals surface area contributed by atoms with E-state index in [-0.39, 0.29) is 6.10 Å². The van der Waals surface area contributed by atoms with E-state index in [9.17, 15) is 0 Å². The van der Waals surface area contributed by atoms with Crippen LogP contribution in [0.4, 0.5) is 0 Å². The van der Waals surface area contributed by atoms with Crippen molar-refractivity contribution >= 4 is 0 Å². The molecule has 0 saturated heterocycles. The van der Waals surface area contributed by atoms with E-state index in [4.69, 9.17) is 9.47 Å². The van der Waals surface area contributed by atoms with E-state index in [1.165, 1.54) is 16.7 Å². The summed E-state index contributed by atoms with van der Waals surface area (Å²) in [7, 11) is 1.71. The Morgan fingerprint density at radius 1 is 0.875 bits per heavy atom. The molecule has 2 heteroatoms. The van der Waals surface area contributed by atoms with E-state index < -0.39 is 0 Å². The lowest BCUT2D eigenvalue weighted by atomic mass is 9.94. The van der Waals surface area contributed by atoms with Crippen LogP contribution in [0.15, 0.2) is 66.7 Å². The van der Waals surface area contributed by atoms with Gasteiger partial charge in [0.05, 0.1) is 7.11 Å². The molecule has 4 rings (SSSR count). The van der Waals surface area contributed by atoms with Crippen molar-refractivity contribution in [1.29, 1.82) is 0 Å². The maximum atomic E-state index is 6.13. The van der Waals surface area contributed by atoms with Gasteiger partial charge in [-0.2, -0.15) is 0 Å². The van der Waals surface area contributed by atoms with Crippen molar-refractivity contribution in [2.45, 2.75) is 19.4 Å². The second-order valence-electron chi connectivity index (χ2n) is 6.21. The van der Waals surface area contributed by atoms with Gasteiger partial charge in [-0.25, -0.2) is 0 Å². The molecular formula is C22H20O2. The fourth-order valence-electron chi connectivity index (χ4n) is 3.40. The Labute approximate surface area is 142 Å². The van der Waals surface area contributed by atoms with Crippen molar-refractivity contribution in [3.05, 3.63) is 72.3 Å². The Morgan fingerprint density at radius 2 is 1.62 bits per heavy atom. The van der Waals surface area contributed by atoms with Crippen LogP contribution in [0.2, 0.25) is 0 Å². The van der Waals surface area contributed by atoms with E-state index in [2.05, 4.69) is 49.4 Å². The largest absolute Gasteiger partial charge is 0.496 e. The summed E-state index contributed by atoms with van der Waals surface area (Å²) in [5.41, 5.74) is 5.88. The molecule has 2 nitrogen and oxygen atoms in total. The molecule has 0 aromatic heterocycles. The van der Waals surface area contributed by atoms with Crippen LogP contribution in [0.25, 0.3) is 22.3 Å². The van der Waals surface area contributed by atoms with E-state index in [1.807, 2.05) is 24.3 Å². The molecule has 0 fully saturated rings. The molecule has 1 aliphatic rings. The molecule has 0 spiro atoms. The highest BCUT2D eigenvalue weighted by molar-refractivity contribution is 5.83. The van der Waals surface area contributed by atoms with E-state index in [1.54, 1.807) is 7.11 Å². The molecule has 1 heterocycles. The van der Waals surface area contributed by atoms with Crippen LogP contribution in [0.1, 0.15) is 12.5 Å². The topological polar surface area (TPSA) is 18.5 Å². The summed E-state index contributed by atoms with van der Waals surface area (Å²) in [4.78, 5) is 0. The maximum absolute atomic E-state index is 6.13. The monoisotopic (exact) mass is 316 g/mol. The number of methoxy groups -OCH3 is 1. The van der Waals surface area contributed by atoms with Crippen LogP contribution >= 0.6 is 0 Å². The minimum Gasteiger partial charge on any atom is -0.496 e. The highest BCUT2D eigenvalue weighted by Gasteiger charge is 2.25. The van der Waals surface area contributed by atoms with Crippen LogP contribution < -0.4 is 9.47 Å². The SMILES string of the molecule is COc1ccccc1-c1cc(-c2ccccc2)cc2c1OC(C)C2. The molecule has 3 aromatic carbocycles. The summed E-state index contributed by atoms with van der Waals surface area (Å²) < 4.78 is 11.7. The van der Waals surface area contributed by atoms with Crippen molar-refractivity contribution in [2.75, 3.05) is 7.11 Å². The summed E-state index contributed by atoms with van der Waals surface area (Å²) in [6, 6.07) is 23.1. The first-order chi connectivity index (χ1) is 11.8. The number of para-hydroxylation sites is 1. The van der Waals surface area contributed by atoms with Gasteiger partial charge in [-0.3, -0.25) is 0 Å². The quantitative estimate of drug-likeness (QED) is 0.648. The summed E-state index contributed by atoms with van der Waals surface area (Å²) in [6.45, 7) is 2.12. The predicted molar refractivity (Wildman–Crippen MR) is 97.7 cm³/mol. The van der Waals surface area contributed by atoms with Crippen molar-refractivity contribution < 1.29 is 9.47 Å². The van der Waals surface area contributed by atoms with Gasteiger partial charge in [0.25, 0.3) is 0 Å². The Kier molecular flexibility index (Phi) is 3.73. The molecule has 1 unspecified atom stereocenters. The third-order valence-electron chi connectivity index (χ3n) is 4.50. The van der Waals surface area contributed by atoms with E-state index in [0.29, 0.717) is 0 Å². The van der Waals surface area contributed by atoms with Gasteiger partial charge in [0.2, 0.25) is 0 Å². The third-order valence-corrected chi connectivity index (χ3v) is 4.50. The van der Waals surface area contributed by atoms with Gasteiger partial charge in [0.15, 0.2) is 0 Å². The summed E-state index contributed by atoms with van der Waals surface area (Å²) in [6.07, 6.45) is 1.15. The summed E-state index contributed by atoms with van der Waals surface area (Å²) in [5.74, 6) is 1.86. The lowest BCUT2D eigenvalue weighted by Gasteiger charge is -2.15. The van der Waals surface area contributed by atoms with Gasteiger partial charge in [-0.15, -0.1) is 0 Å². The number of ether oxygens (including phenoxy) is 2. The normalized spacial score (nSPS) is 15.7. The van der Waals surface area contributed by atoms with Gasteiger partial charge < -0.3 is 9.47 Å². The Hall–Kier alpha value is -2.74. The summed E-state index contributed by atoms with van der Waals surface area (Å²) in [5, 5.41) is 0.